The summed E-state index contributed by atoms with van der Waals surface area (Å²) in [5.74, 6) is -0.158. The van der Waals surface area contributed by atoms with Crippen LogP contribution in [0.1, 0.15) is 29.0 Å². The Morgan fingerprint density at radius 2 is 2.16 bits per heavy atom. The van der Waals surface area contributed by atoms with Gasteiger partial charge >= 0.3 is 0 Å². The lowest BCUT2D eigenvalue weighted by Gasteiger charge is -2.33. The van der Waals surface area contributed by atoms with Gasteiger partial charge in [-0.1, -0.05) is 6.07 Å². The minimum Gasteiger partial charge on any atom is -0.371 e. The minimum atomic E-state index is -0.557. The van der Waals surface area contributed by atoms with Crippen molar-refractivity contribution in [3.8, 4) is 0 Å². The minimum absolute atomic E-state index is 0.0352. The molecule has 0 spiro atoms. The normalized spacial score (nSPS) is 17.2. The highest BCUT2D eigenvalue weighted by atomic mass is 16.2. The molecule has 25 heavy (non-hydrogen) atoms. The first-order valence-electron chi connectivity index (χ1n) is 8.28. The van der Waals surface area contributed by atoms with E-state index in [1.165, 1.54) is 0 Å². The van der Waals surface area contributed by atoms with E-state index in [1.54, 1.807) is 18.3 Å². The van der Waals surface area contributed by atoms with Gasteiger partial charge in [0, 0.05) is 30.7 Å². The summed E-state index contributed by atoms with van der Waals surface area (Å²) in [6.45, 7) is 3.30. The maximum absolute atomic E-state index is 12.6. The van der Waals surface area contributed by atoms with E-state index < -0.39 is 5.91 Å². The molecule has 2 amide bonds. The summed E-state index contributed by atoms with van der Waals surface area (Å²) in [6.07, 6.45) is 3.28. The fourth-order valence-corrected chi connectivity index (χ4v) is 3.02. The molecule has 1 saturated heterocycles. The second kappa shape index (κ2) is 7.29. The second-order valence-corrected chi connectivity index (χ2v) is 6.20. The van der Waals surface area contributed by atoms with Crippen LogP contribution in [0.5, 0.6) is 0 Å². The summed E-state index contributed by atoms with van der Waals surface area (Å²) < 4.78 is 0. The monoisotopic (exact) mass is 339 g/mol. The molecule has 3 rings (SSSR count). The molecule has 0 radical (unpaired) electrons. The van der Waals surface area contributed by atoms with E-state index in [0.717, 1.165) is 30.8 Å². The van der Waals surface area contributed by atoms with Gasteiger partial charge in [0.05, 0.1) is 5.92 Å². The SMILES string of the molecule is Cc1cccc(NC(=O)C2CCCN(c3ccnc(C(N)=O)c3)C2)n1. The van der Waals surface area contributed by atoms with Crippen LogP contribution in [0.15, 0.2) is 36.5 Å². The fraction of sp³-hybridized carbons (Fsp3) is 0.333. The number of hydrogen-bond donors (Lipinski definition) is 2. The van der Waals surface area contributed by atoms with E-state index in [9.17, 15) is 9.59 Å². The summed E-state index contributed by atoms with van der Waals surface area (Å²) >= 11 is 0. The van der Waals surface area contributed by atoms with Gasteiger partial charge in [0.25, 0.3) is 5.91 Å². The Balaban J connectivity index is 1.69. The van der Waals surface area contributed by atoms with Crippen LogP contribution in [0.2, 0.25) is 0 Å². The Bertz CT molecular complexity index is 793. The van der Waals surface area contributed by atoms with Crippen molar-refractivity contribution in [3.05, 3.63) is 47.9 Å². The first-order valence-corrected chi connectivity index (χ1v) is 8.28. The largest absolute Gasteiger partial charge is 0.371 e. The number of anilines is 2. The molecule has 1 atom stereocenters. The highest BCUT2D eigenvalue weighted by Gasteiger charge is 2.26. The molecule has 7 nitrogen and oxygen atoms in total. The zero-order chi connectivity index (χ0) is 17.8. The van der Waals surface area contributed by atoms with Gasteiger partial charge in [-0.05, 0) is 44.0 Å². The van der Waals surface area contributed by atoms with Gasteiger partial charge in [-0.3, -0.25) is 14.6 Å². The Labute approximate surface area is 146 Å². The molecule has 0 bridgehead atoms. The Kier molecular flexibility index (Phi) is 4.92. The van der Waals surface area contributed by atoms with Gasteiger partial charge in [0.1, 0.15) is 11.5 Å². The van der Waals surface area contributed by atoms with E-state index in [1.807, 2.05) is 25.1 Å². The van der Waals surface area contributed by atoms with Crippen molar-refractivity contribution in [2.24, 2.45) is 11.7 Å². The molecule has 1 aliphatic heterocycles. The molecule has 1 unspecified atom stereocenters. The highest BCUT2D eigenvalue weighted by Crippen LogP contribution is 2.24. The van der Waals surface area contributed by atoms with Crippen LogP contribution in [-0.2, 0) is 4.79 Å². The Morgan fingerprint density at radius 3 is 2.92 bits per heavy atom. The summed E-state index contributed by atoms with van der Waals surface area (Å²) in [5.41, 5.74) is 7.24. The van der Waals surface area contributed by atoms with E-state index in [0.29, 0.717) is 12.4 Å². The fourth-order valence-electron chi connectivity index (χ4n) is 3.02. The number of carbonyl (C=O) groups is 2. The molecular formula is C18H21N5O2. The maximum atomic E-state index is 12.6. The zero-order valence-electron chi connectivity index (χ0n) is 14.1. The summed E-state index contributed by atoms with van der Waals surface area (Å²) in [6, 6.07) is 9.04. The first-order chi connectivity index (χ1) is 12.0. The number of hydrogen-bond acceptors (Lipinski definition) is 5. The van der Waals surface area contributed by atoms with Crippen molar-refractivity contribution in [2.45, 2.75) is 19.8 Å². The lowest BCUT2D eigenvalue weighted by Crippen LogP contribution is -2.41. The maximum Gasteiger partial charge on any atom is 0.267 e. The molecule has 7 heteroatoms. The summed E-state index contributed by atoms with van der Waals surface area (Å²) in [7, 11) is 0. The summed E-state index contributed by atoms with van der Waals surface area (Å²) in [4.78, 5) is 34.2. The molecule has 130 valence electrons. The number of aromatic nitrogens is 2. The summed E-state index contributed by atoms with van der Waals surface area (Å²) in [5, 5.41) is 2.89. The van der Waals surface area contributed by atoms with E-state index in [2.05, 4.69) is 20.2 Å². The lowest BCUT2D eigenvalue weighted by molar-refractivity contribution is -0.120. The molecule has 1 aliphatic rings. The van der Waals surface area contributed by atoms with Crippen LogP contribution < -0.4 is 16.0 Å². The van der Waals surface area contributed by atoms with E-state index >= 15 is 0 Å². The van der Waals surface area contributed by atoms with Gasteiger partial charge < -0.3 is 16.0 Å². The number of nitrogens with one attached hydrogen (secondary N) is 1. The van der Waals surface area contributed by atoms with Crippen molar-refractivity contribution in [3.63, 3.8) is 0 Å². The van der Waals surface area contributed by atoms with Crippen molar-refractivity contribution >= 4 is 23.3 Å². The zero-order valence-corrected chi connectivity index (χ0v) is 14.1. The van der Waals surface area contributed by atoms with E-state index in [-0.39, 0.29) is 17.5 Å². The second-order valence-electron chi connectivity index (χ2n) is 6.20. The van der Waals surface area contributed by atoms with Gasteiger partial charge in [-0.25, -0.2) is 4.98 Å². The average Bonchev–Trinajstić information content (AvgIpc) is 2.62. The topological polar surface area (TPSA) is 101 Å². The van der Waals surface area contributed by atoms with Crippen molar-refractivity contribution in [1.82, 2.24) is 9.97 Å². The van der Waals surface area contributed by atoms with Gasteiger partial charge in [0.15, 0.2) is 0 Å². The van der Waals surface area contributed by atoms with Crippen molar-refractivity contribution in [2.75, 3.05) is 23.3 Å². The molecule has 3 N–H and O–H groups in total. The third-order valence-corrected chi connectivity index (χ3v) is 4.29. The quantitative estimate of drug-likeness (QED) is 0.883. The van der Waals surface area contributed by atoms with Crippen LogP contribution in [0, 0.1) is 12.8 Å². The van der Waals surface area contributed by atoms with Crippen LogP contribution in [0.4, 0.5) is 11.5 Å². The number of piperidine rings is 1. The molecule has 1 fully saturated rings. The van der Waals surface area contributed by atoms with Gasteiger partial charge in [-0.15, -0.1) is 0 Å². The van der Waals surface area contributed by atoms with Crippen LogP contribution >= 0.6 is 0 Å². The standard InChI is InChI=1S/C18H21N5O2/c1-12-4-2-6-16(21-12)22-18(25)13-5-3-9-23(11-13)14-7-8-20-15(10-14)17(19)24/h2,4,6-8,10,13H,3,5,9,11H2,1H3,(H2,19,24)(H,21,22,25). The number of primary amides is 1. The number of amides is 2. The van der Waals surface area contributed by atoms with Crippen LogP contribution in [0.3, 0.4) is 0 Å². The highest BCUT2D eigenvalue weighted by molar-refractivity contribution is 5.93. The number of carbonyl (C=O) groups excluding carboxylic acids is 2. The molecule has 0 saturated carbocycles. The molecule has 2 aromatic rings. The smallest absolute Gasteiger partial charge is 0.267 e. The Hall–Kier alpha value is -2.96. The molecule has 0 aromatic carbocycles. The number of nitrogens with two attached hydrogens (primary N) is 1. The predicted molar refractivity (Wildman–Crippen MR) is 95.3 cm³/mol. The number of pyridine rings is 2. The van der Waals surface area contributed by atoms with Crippen molar-refractivity contribution < 1.29 is 9.59 Å². The van der Waals surface area contributed by atoms with Gasteiger partial charge in [-0.2, -0.15) is 0 Å². The van der Waals surface area contributed by atoms with Gasteiger partial charge in [0.2, 0.25) is 5.91 Å². The third-order valence-electron chi connectivity index (χ3n) is 4.29. The first kappa shape index (κ1) is 16.9. The van der Waals surface area contributed by atoms with Crippen molar-refractivity contribution in [1.29, 1.82) is 0 Å². The Morgan fingerprint density at radius 1 is 1.32 bits per heavy atom. The predicted octanol–water partition coefficient (Wildman–Crippen LogP) is 1.74. The average molecular weight is 339 g/mol. The molecular weight excluding hydrogens is 318 g/mol. The number of rotatable bonds is 4. The van der Waals surface area contributed by atoms with Crippen LogP contribution in [0.25, 0.3) is 0 Å². The number of aryl methyl sites for hydroxylation is 1. The number of nitrogens with zero attached hydrogens (tertiary/aromatic N) is 3. The third kappa shape index (κ3) is 4.12. The molecule has 0 aliphatic carbocycles. The molecule has 3 heterocycles. The lowest BCUT2D eigenvalue weighted by atomic mass is 9.96. The van der Waals surface area contributed by atoms with E-state index in [4.69, 9.17) is 5.73 Å². The van der Waals surface area contributed by atoms with Crippen LogP contribution in [-0.4, -0.2) is 34.9 Å². The molecule has 2 aromatic heterocycles.